The van der Waals surface area contributed by atoms with E-state index in [2.05, 4.69) is 0 Å². The van der Waals surface area contributed by atoms with E-state index in [0.717, 1.165) is 23.1 Å². The molecule has 1 amide bonds. The van der Waals surface area contributed by atoms with Crippen molar-refractivity contribution in [1.82, 2.24) is 14.0 Å². The molecule has 2 fully saturated rings. The molecule has 1 saturated heterocycles. The van der Waals surface area contributed by atoms with Crippen LogP contribution in [0.15, 0.2) is 35.4 Å². The van der Waals surface area contributed by atoms with E-state index in [4.69, 9.17) is 23.2 Å². The molecule has 0 N–H and O–H groups in total. The first-order valence-electron chi connectivity index (χ1n) is 9.62. The Kier molecular flexibility index (Phi) is 3.97. The van der Waals surface area contributed by atoms with Crippen LogP contribution >= 0.6 is 23.2 Å². The van der Waals surface area contributed by atoms with Gasteiger partial charge in [-0.1, -0.05) is 23.2 Å². The van der Waals surface area contributed by atoms with Crippen molar-refractivity contribution < 1.29 is 4.79 Å². The van der Waals surface area contributed by atoms with Crippen molar-refractivity contribution in [3.05, 3.63) is 67.7 Å². The van der Waals surface area contributed by atoms with Gasteiger partial charge in [-0.2, -0.15) is 0 Å². The van der Waals surface area contributed by atoms with Crippen LogP contribution in [0.5, 0.6) is 0 Å². The zero-order valence-corrected chi connectivity index (χ0v) is 18.0. The number of aromatic nitrogens is 2. The molecule has 3 aromatic rings. The number of hydrogen-bond acceptors (Lipinski definition) is 2. The molecular formula is C22H21Cl2N3O2. The molecule has 2 unspecified atom stereocenters. The third-order valence-corrected chi connectivity index (χ3v) is 7.01. The number of carbonyl (C=O) groups excluding carboxylic acids is 1. The van der Waals surface area contributed by atoms with Gasteiger partial charge in [0, 0.05) is 55.0 Å². The van der Waals surface area contributed by atoms with Crippen LogP contribution in [-0.4, -0.2) is 33.0 Å². The van der Waals surface area contributed by atoms with Crippen LogP contribution in [0.1, 0.15) is 27.9 Å². The minimum absolute atomic E-state index is 0.0737. The van der Waals surface area contributed by atoms with Crippen LogP contribution in [0.2, 0.25) is 10.0 Å². The molecule has 1 aliphatic heterocycles. The van der Waals surface area contributed by atoms with Gasteiger partial charge in [-0.3, -0.25) is 9.59 Å². The summed E-state index contributed by atoms with van der Waals surface area (Å²) in [5.41, 5.74) is 3.15. The standard InChI is InChI=1S/C22H21Cl2N3O2/c1-12-8-26(3)21(29)18-17(10-25(2)19(12)18)20(28)27-9-14-7-22(14,11-27)13-4-15(23)6-16(24)5-13/h4-6,8,10,14H,7,9,11H2,1-3H3. The average molecular weight is 430 g/mol. The summed E-state index contributed by atoms with van der Waals surface area (Å²) in [5.74, 6) is 0.318. The number of likely N-dealkylation sites (tertiary alicyclic amines) is 1. The van der Waals surface area contributed by atoms with E-state index < -0.39 is 0 Å². The third-order valence-electron chi connectivity index (χ3n) is 6.58. The summed E-state index contributed by atoms with van der Waals surface area (Å²) < 4.78 is 3.42. The molecule has 2 aliphatic rings. The largest absolute Gasteiger partial charge is 0.349 e. The Morgan fingerprint density at radius 3 is 2.48 bits per heavy atom. The monoisotopic (exact) mass is 429 g/mol. The second-order valence-corrected chi connectivity index (χ2v) is 9.38. The normalized spacial score (nSPS) is 22.9. The number of hydrogen-bond donors (Lipinski definition) is 0. The fraction of sp³-hybridized carbons (Fsp3) is 0.364. The number of fused-ring (bicyclic) bond motifs is 2. The molecular weight excluding hydrogens is 409 g/mol. The van der Waals surface area contributed by atoms with Gasteiger partial charge in [-0.15, -0.1) is 0 Å². The smallest absolute Gasteiger partial charge is 0.260 e. The highest BCUT2D eigenvalue weighted by Crippen LogP contribution is 2.59. The molecule has 3 heterocycles. The molecule has 1 saturated carbocycles. The SMILES string of the molecule is Cc1cn(C)c(=O)c2c(C(=O)N3CC4CC4(c4cc(Cl)cc(Cl)c4)C3)cn(C)c12. The molecule has 0 bridgehead atoms. The lowest BCUT2D eigenvalue weighted by Gasteiger charge is -2.21. The topological polar surface area (TPSA) is 47.2 Å². The van der Waals surface area contributed by atoms with Crippen molar-refractivity contribution in [3.63, 3.8) is 0 Å². The number of amides is 1. The Bertz CT molecular complexity index is 1240. The Labute approximate surface area is 178 Å². The maximum absolute atomic E-state index is 13.4. The van der Waals surface area contributed by atoms with Crippen LogP contribution in [-0.2, 0) is 19.5 Å². The van der Waals surface area contributed by atoms with Crippen LogP contribution < -0.4 is 5.56 Å². The molecule has 0 radical (unpaired) electrons. The molecule has 0 spiro atoms. The number of nitrogens with zero attached hydrogens (tertiary/aromatic N) is 3. The Morgan fingerprint density at radius 2 is 1.79 bits per heavy atom. The van der Waals surface area contributed by atoms with Gasteiger partial charge in [0.15, 0.2) is 0 Å². The summed E-state index contributed by atoms with van der Waals surface area (Å²) >= 11 is 12.4. The number of benzene rings is 1. The summed E-state index contributed by atoms with van der Waals surface area (Å²) in [4.78, 5) is 28.1. The van der Waals surface area contributed by atoms with E-state index in [0.29, 0.717) is 40.0 Å². The van der Waals surface area contributed by atoms with Gasteiger partial charge >= 0.3 is 0 Å². The number of aryl methyl sites for hydroxylation is 3. The summed E-state index contributed by atoms with van der Waals surface area (Å²) in [6, 6.07) is 5.64. The maximum Gasteiger partial charge on any atom is 0.260 e. The summed E-state index contributed by atoms with van der Waals surface area (Å²) in [7, 11) is 3.60. The van der Waals surface area contributed by atoms with E-state index in [1.54, 1.807) is 23.9 Å². The maximum atomic E-state index is 13.4. The second-order valence-electron chi connectivity index (χ2n) is 8.51. The highest BCUT2D eigenvalue weighted by atomic mass is 35.5. The lowest BCUT2D eigenvalue weighted by Crippen LogP contribution is -2.33. The zero-order chi connectivity index (χ0) is 20.7. The minimum atomic E-state index is -0.143. The zero-order valence-electron chi connectivity index (χ0n) is 16.5. The minimum Gasteiger partial charge on any atom is -0.349 e. The van der Waals surface area contributed by atoms with E-state index in [1.165, 1.54) is 0 Å². The molecule has 1 aromatic carbocycles. The van der Waals surface area contributed by atoms with Gasteiger partial charge in [-0.25, -0.2) is 0 Å². The molecule has 5 nitrogen and oxygen atoms in total. The van der Waals surface area contributed by atoms with Crippen molar-refractivity contribution >= 4 is 40.0 Å². The first kappa shape index (κ1) is 18.8. The van der Waals surface area contributed by atoms with Crippen LogP contribution in [0.25, 0.3) is 10.9 Å². The fourth-order valence-corrected chi connectivity index (χ4v) is 5.69. The first-order valence-corrected chi connectivity index (χ1v) is 10.4. The van der Waals surface area contributed by atoms with Gasteiger partial charge in [0.1, 0.15) is 0 Å². The molecule has 7 heteroatoms. The highest BCUT2D eigenvalue weighted by Gasteiger charge is 2.61. The summed E-state index contributed by atoms with van der Waals surface area (Å²) in [6.07, 6.45) is 4.62. The first-order chi connectivity index (χ1) is 13.7. The van der Waals surface area contributed by atoms with Crippen molar-refractivity contribution in [2.24, 2.45) is 20.0 Å². The van der Waals surface area contributed by atoms with Gasteiger partial charge in [0.2, 0.25) is 0 Å². The highest BCUT2D eigenvalue weighted by molar-refractivity contribution is 6.34. The third kappa shape index (κ3) is 2.67. The van der Waals surface area contributed by atoms with Gasteiger partial charge in [0.05, 0.1) is 16.5 Å². The molecule has 150 valence electrons. The summed E-state index contributed by atoms with van der Waals surface area (Å²) in [6.45, 7) is 3.26. The van der Waals surface area contributed by atoms with Crippen LogP contribution in [0, 0.1) is 12.8 Å². The van der Waals surface area contributed by atoms with Crippen molar-refractivity contribution in [3.8, 4) is 0 Å². The van der Waals surface area contributed by atoms with Gasteiger partial charge < -0.3 is 14.0 Å². The number of pyridine rings is 1. The lowest BCUT2D eigenvalue weighted by atomic mass is 9.95. The van der Waals surface area contributed by atoms with Gasteiger partial charge in [-0.05, 0) is 48.6 Å². The Morgan fingerprint density at radius 1 is 1.10 bits per heavy atom. The lowest BCUT2D eigenvalue weighted by molar-refractivity contribution is 0.0774. The second kappa shape index (κ2) is 6.13. The van der Waals surface area contributed by atoms with Crippen LogP contribution in [0.4, 0.5) is 0 Å². The van der Waals surface area contributed by atoms with E-state index in [9.17, 15) is 9.59 Å². The molecule has 29 heavy (non-hydrogen) atoms. The summed E-state index contributed by atoms with van der Waals surface area (Å²) in [5, 5.41) is 1.73. The number of piperidine rings is 1. The van der Waals surface area contributed by atoms with Crippen molar-refractivity contribution in [2.75, 3.05) is 13.1 Å². The molecule has 2 atom stereocenters. The van der Waals surface area contributed by atoms with Gasteiger partial charge in [0.25, 0.3) is 11.5 Å². The number of carbonyl (C=O) groups is 1. The van der Waals surface area contributed by atoms with Crippen molar-refractivity contribution in [1.29, 1.82) is 0 Å². The van der Waals surface area contributed by atoms with Crippen LogP contribution in [0.3, 0.4) is 0 Å². The quantitative estimate of drug-likeness (QED) is 0.619. The average Bonchev–Trinajstić information content (AvgIpc) is 3.03. The number of rotatable bonds is 2. The Balaban J connectivity index is 1.53. The van der Waals surface area contributed by atoms with E-state index in [1.807, 2.05) is 41.8 Å². The van der Waals surface area contributed by atoms with Crippen molar-refractivity contribution in [2.45, 2.75) is 18.8 Å². The predicted molar refractivity (Wildman–Crippen MR) is 115 cm³/mol. The predicted octanol–water partition coefficient (Wildman–Crippen LogP) is 3.91. The fourth-order valence-electron chi connectivity index (χ4n) is 5.16. The van der Waals surface area contributed by atoms with E-state index in [-0.39, 0.29) is 16.9 Å². The Hall–Kier alpha value is -2.24. The molecule has 5 rings (SSSR count). The van der Waals surface area contributed by atoms with E-state index >= 15 is 0 Å². The molecule has 1 aliphatic carbocycles. The molecule has 2 aromatic heterocycles. The number of halogens is 2.